The largest absolute Gasteiger partial charge is 0.387 e. The molecule has 0 aromatic carbocycles. The maximum atomic E-state index is 10.1. The summed E-state index contributed by atoms with van der Waals surface area (Å²) in [6.45, 7) is 4.92. The van der Waals surface area contributed by atoms with E-state index in [4.69, 9.17) is 0 Å². The fourth-order valence-corrected chi connectivity index (χ4v) is 2.12. The minimum absolute atomic E-state index is 0.476. The Hall–Kier alpha value is -0.720. The SMILES string of the molecule is CCc1nsc(NCC(C)(O)CN(C)C)n1. The van der Waals surface area contributed by atoms with Gasteiger partial charge in [0.25, 0.3) is 0 Å². The van der Waals surface area contributed by atoms with Crippen LogP contribution in [0.5, 0.6) is 0 Å². The van der Waals surface area contributed by atoms with Gasteiger partial charge in [-0.05, 0) is 21.0 Å². The Kier molecular flexibility index (Phi) is 4.64. The zero-order chi connectivity index (χ0) is 12.2. The van der Waals surface area contributed by atoms with Crippen molar-refractivity contribution in [2.45, 2.75) is 25.9 Å². The molecule has 0 aliphatic heterocycles. The number of aliphatic hydroxyl groups is 1. The minimum Gasteiger partial charge on any atom is -0.387 e. The molecule has 0 aliphatic carbocycles. The molecule has 0 radical (unpaired) electrons. The molecule has 0 aliphatic rings. The van der Waals surface area contributed by atoms with Crippen LogP contribution >= 0.6 is 11.5 Å². The van der Waals surface area contributed by atoms with Gasteiger partial charge in [0.1, 0.15) is 5.82 Å². The molecule has 1 atom stereocenters. The second kappa shape index (κ2) is 5.56. The molecule has 0 spiro atoms. The van der Waals surface area contributed by atoms with Crippen LogP contribution in [0.3, 0.4) is 0 Å². The predicted octanol–water partition coefficient (Wildman–Crippen LogP) is 0.825. The molecule has 1 aromatic heterocycles. The summed E-state index contributed by atoms with van der Waals surface area (Å²) in [6.07, 6.45) is 0.840. The highest BCUT2D eigenvalue weighted by atomic mass is 32.1. The maximum Gasteiger partial charge on any atom is 0.202 e. The number of nitrogens with one attached hydrogen (secondary N) is 1. The minimum atomic E-state index is -0.762. The molecule has 1 heterocycles. The average molecular weight is 244 g/mol. The van der Waals surface area contributed by atoms with E-state index in [0.29, 0.717) is 13.1 Å². The first-order valence-corrected chi connectivity index (χ1v) is 6.14. The van der Waals surface area contributed by atoms with E-state index in [0.717, 1.165) is 17.4 Å². The Labute approximate surface area is 101 Å². The molecule has 92 valence electrons. The Balaban J connectivity index is 2.44. The zero-order valence-electron chi connectivity index (χ0n) is 10.3. The second-order valence-electron chi connectivity index (χ2n) is 4.46. The molecule has 0 saturated heterocycles. The Morgan fingerprint density at radius 3 is 2.69 bits per heavy atom. The van der Waals surface area contributed by atoms with E-state index in [9.17, 15) is 5.11 Å². The molecular formula is C10H20N4OS. The van der Waals surface area contributed by atoms with Crippen LogP contribution in [-0.4, -0.2) is 52.1 Å². The lowest BCUT2D eigenvalue weighted by Gasteiger charge is -2.26. The number of nitrogens with zero attached hydrogens (tertiary/aromatic N) is 3. The first-order chi connectivity index (χ1) is 7.43. The third-order valence-electron chi connectivity index (χ3n) is 2.06. The number of hydrogen-bond donors (Lipinski definition) is 2. The number of hydrogen-bond acceptors (Lipinski definition) is 6. The Morgan fingerprint density at radius 1 is 1.50 bits per heavy atom. The molecular weight excluding hydrogens is 224 g/mol. The van der Waals surface area contributed by atoms with Gasteiger partial charge in [-0.25, -0.2) is 4.98 Å². The van der Waals surface area contributed by atoms with Crippen molar-refractivity contribution in [1.29, 1.82) is 0 Å². The van der Waals surface area contributed by atoms with Gasteiger partial charge in [0.05, 0.1) is 5.60 Å². The van der Waals surface area contributed by atoms with E-state index in [1.54, 1.807) is 0 Å². The number of aryl methyl sites for hydroxylation is 1. The fourth-order valence-electron chi connectivity index (χ4n) is 1.47. The van der Waals surface area contributed by atoms with Gasteiger partial charge in [0.15, 0.2) is 0 Å². The van der Waals surface area contributed by atoms with E-state index in [1.165, 1.54) is 11.5 Å². The average Bonchev–Trinajstić information content (AvgIpc) is 2.60. The normalized spacial score (nSPS) is 15.1. The van der Waals surface area contributed by atoms with E-state index in [-0.39, 0.29) is 0 Å². The van der Waals surface area contributed by atoms with Crippen molar-refractivity contribution < 1.29 is 5.11 Å². The number of anilines is 1. The van der Waals surface area contributed by atoms with Crippen LogP contribution in [0.25, 0.3) is 0 Å². The quantitative estimate of drug-likeness (QED) is 0.776. The molecule has 5 nitrogen and oxygen atoms in total. The zero-order valence-corrected chi connectivity index (χ0v) is 11.1. The van der Waals surface area contributed by atoms with Gasteiger partial charge in [-0.2, -0.15) is 4.37 Å². The van der Waals surface area contributed by atoms with Gasteiger partial charge in [-0.15, -0.1) is 0 Å². The number of likely N-dealkylation sites (N-methyl/N-ethyl adjacent to an activating group) is 1. The highest BCUT2D eigenvalue weighted by Crippen LogP contribution is 2.13. The second-order valence-corrected chi connectivity index (χ2v) is 5.21. The van der Waals surface area contributed by atoms with E-state index < -0.39 is 5.60 Å². The number of rotatable bonds is 6. The summed E-state index contributed by atoms with van der Waals surface area (Å²) < 4.78 is 4.17. The molecule has 1 unspecified atom stereocenters. The van der Waals surface area contributed by atoms with Crippen LogP contribution in [0.1, 0.15) is 19.7 Å². The third kappa shape index (κ3) is 4.42. The summed E-state index contributed by atoms with van der Waals surface area (Å²) in [5.41, 5.74) is -0.762. The molecule has 1 rings (SSSR count). The summed E-state index contributed by atoms with van der Waals surface area (Å²) in [6, 6.07) is 0. The summed E-state index contributed by atoms with van der Waals surface area (Å²) in [4.78, 5) is 6.24. The summed E-state index contributed by atoms with van der Waals surface area (Å²) in [7, 11) is 3.88. The molecule has 2 N–H and O–H groups in total. The van der Waals surface area contributed by atoms with Crippen molar-refractivity contribution in [2.24, 2.45) is 0 Å². The molecule has 1 aromatic rings. The molecule has 6 heteroatoms. The van der Waals surface area contributed by atoms with Crippen molar-refractivity contribution in [3.63, 3.8) is 0 Å². The van der Waals surface area contributed by atoms with Crippen molar-refractivity contribution >= 4 is 16.7 Å². The highest BCUT2D eigenvalue weighted by Gasteiger charge is 2.21. The first kappa shape index (κ1) is 13.3. The van der Waals surface area contributed by atoms with Crippen LogP contribution in [0.2, 0.25) is 0 Å². The Morgan fingerprint density at radius 2 is 2.19 bits per heavy atom. The number of aromatic nitrogens is 2. The van der Waals surface area contributed by atoms with Crippen LogP contribution < -0.4 is 5.32 Å². The van der Waals surface area contributed by atoms with E-state index in [1.807, 2.05) is 32.8 Å². The van der Waals surface area contributed by atoms with Crippen LogP contribution in [0, 0.1) is 0 Å². The monoisotopic (exact) mass is 244 g/mol. The van der Waals surface area contributed by atoms with Crippen LogP contribution in [-0.2, 0) is 6.42 Å². The van der Waals surface area contributed by atoms with E-state index in [2.05, 4.69) is 14.7 Å². The van der Waals surface area contributed by atoms with Crippen molar-refractivity contribution in [1.82, 2.24) is 14.3 Å². The summed E-state index contributed by atoms with van der Waals surface area (Å²) >= 11 is 1.34. The topological polar surface area (TPSA) is 61.3 Å². The standard InChI is InChI=1S/C10H20N4OS/c1-5-8-12-9(16-13-8)11-6-10(2,15)7-14(3)4/h15H,5-7H2,1-4H3,(H,11,12,13). The van der Waals surface area contributed by atoms with Gasteiger partial charge < -0.3 is 15.3 Å². The molecule has 0 bridgehead atoms. The van der Waals surface area contributed by atoms with Gasteiger partial charge in [0, 0.05) is 31.0 Å². The van der Waals surface area contributed by atoms with Gasteiger partial charge in [-0.3, -0.25) is 0 Å². The van der Waals surface area contributed by atoms with Crippen molar-refractivity contribution in [2.75, 3.05) is 32.5 Å². The summed E-state index contributed by atoms with van der Waals surface area (Å²) in [5, 5.41) is 13.9. The van der Waals surface area contributed by atoms with E-state index >= 15 is 0 Å². The molecule has 0 fully saturated rings. The van der Waals surface area contributed by atoms with Crippen LogP contribution in [0.4, 0.5) is 5.13 Å². The first-order valence-electron chi connectivity index (χ1n) is 5.36. The smallest absolute Gasteiger partial charge is 0.202 e. The highest BCUT2D eigenvalue weighted by molar-refractivity contribution is 7.09. The van der Waals surface area contributed by atoms with Crippen molar-refractivity contribution in [3.05, 3.63) is 5.82 Å². The molecule has 0 amide bonds. The lowest BCUT2D eigenvalue weighted by Crippen LogP contribution is -2.43. The fraction of sp³-hybridized carbons (Fsp3) is 0.800. The lowest BCUT2D eigenvalue weighted by molar-refractivity contribution is 0.0460. The summed E-state index contributed by atoms with van der Waals surface area (Å²) in [5.74, 6) is 0.847. The predicted molar refractivity (Wildman–Crippen MR) is 67.0 cm³/mol. The van der Waals surface area contributed by atoms with Gasteiger partial charge >= 0.3 is 0 Å². The lowest BCUT2D eigenvalue weighted by atomic mass is 10.1. The van der Waals surface area contributed by atoms with Crippen LogP contribution in [0.15, 0.2) is 0 Å². The van der Waals surface area contributed by atoms with Gasteiger partial charge in [0.2, 0.25) is 5.13 Å². The maximum absolute atomic E-state index is 10.1. The van der Waals surface area contributed by atoms with Gasteiger partial charge in [-0.1, -0.05) is 6.92 Å². The Bertz CT molecular complexity index is 324. The molecule has 16 heavy (non-hydrogen) atoms. The molecule has 0 saturated carbocycles. The van der Waals surface area contributed by atoms with Crippen molar-refractivity contribution in [3.8, 4) is 0 Å². The third-order valence-corrected chi connectivity index (χ3v) is 2.77.